The SMILES string of the molecule is CCOC(=O)c1ccc(O)c(OCC[N+](C)(C)C)c1. The summed E-state index contributed by atoms with van der Waals surface area (Å²) in [7, 11) is 6.16. The molecule has 0 saturated heterocycles. The Morgan fingerprint density at radius 1 is 1.32 bits per heavy atom. The molecular weight excluding hydrogens is 246 g/mol. The topological polar surface area (TPSA) is 55.8 Å². The average molecular weight is 268 g/mol. The smallest absolute Gasteiger partial charge is 0.338 e. The van der Waals surface area contributed by atoms with Crippen LogP contribution in [0.25, 0.3) is 0 Å². The van der Waals surface area contributed by atoms with Gasteiger partial charge in [0.1, 0.15) is 13.2 Å². The highest BCUT2D eigenvalue weighted by Crippen LogP contribution is 2.27. The van der Waals surface area contributed by atoms with E-state index in [0.717, 1.165) is 11.0 Å². The number of benzene rings is 1. The molecular formula is C14H22NO4+. The molecule has 1 N–H and O–H groups in total. The number of aromatic hydroxyl groups is 1. The Hall–Kier alpha value is -1.75. The first-order valence-electron chi connectivity index (χ1n) is 6.27. The number of carbonyl (C=O) groups is 1. The Balaban J connectivity index is 2.72. The summed E-state index contributed by atoms with van der Waals surface area (Å²) in [5, 5.41) is 9.69. The third-order valence-electron chi connectivity index (χ3n) is 2.49. The summed E-state index contributed by atoms with van der Waals surface area (Å²) in [5.74, 6) is -0.0904. The summed E-state index contributed by atoms with van der Waals surface area (Å²) in [6.45, 7) is 3.32. The van der Waals surface area contributed by atoms with Crippen molar-refractivity contribution in [3.8, 4) is 11.5 Å². The van der Waals surface area contributed by atoms with Gasteiger partial charge < -0.3 is 19.1 Å². The maximum atomic E-state index is 11.6. The number of carbonyl (C=O) groups excluding carboxylic acids is 1. The molecule has 1 rings (SSSR count). The Bertz CT molecular complexity index is 438. The Morgan fingerprint density at radius 2 is 2.00 bits per heavy atom. The van der Waals surface area contributed by atoms with Crippen molar-refractivity contribution in [2.75, 3.05) is 40.9 Å². The van der Waals surface area contributed by atoms with Gasteiger partial charge in [0.25, 0.3) is 0 Å². The van der Waals surface area contributed by atoms with Crippen molar-refractivity contribution in [2.45, 2.75) is 6.92 Å². The first-order chi connectivity index (χ1) is 8.83. The van der Waals surface area contributed by atoms with E-state index >= 15 is 0 Å². The molecule has 1 aromatic rings. The molecule has 0 bridgehead atoms. The number of phenols is 1. The van der Waals surface area contributed by atoms with Crippen molar-refractivity contribution >= 4 is 5.97 Å². The van der Waals surface area contributed by atoms with Crippen LogP contribution in [0.5, 0.6) is 11.5 Å². The predicted octanol–water partition coefficient (Wildman–Crippen LogP) is 1.65. The summed E-state index contributed by atoms with van der Waals surface area (Å²) < 4.78 is 11.2. The average Bonchev–Trinajstić information content (AvgIpc) is 2.30. The van der Waals surface area contributed by atoms with Crippen LogP contribution < -0.4 is 4.74 Å². The number of likely N-dealkylation sites (N-methyl/N-ethyl adjacent to an activating group) is 1. The molecule has 0 aliphatic rings. The molecule has 5 nitrogen and oxygen atoms in total. The first kappa shape index (κ1) is 15.3. The monoisotopic (exact) mass is 268 g/mol. The number of hydrogen-bond donors (Lipinski definition) is 1. The molecule has 1 aromatic carbocycles. The van der Waals surface area contributed by atoms with E-state index in [1.54, 1.807) is 6.92 Å². The van der Waals surface area contributed by atoms with Gasteiger partial charge in [0.15, 0.2) is 11.5 Å². The highest BCUT2D eigenvalue weighted by atomic mass is 16.5. The summed E-state index contributed by atoms with van der Waals surface area (Å²) in [5.41, 5.74) is 0.375. The maximum Gasteiger partial charge on any atom is 0.338 e. The van der Waals surface area contributed by atoms with Gasteiger partial charge in [0, 0.05) is 0 Å². The summed E-state index contributed by atoms with van der Waals surface area (Å²) in [4.78, 5) is 11.6. The fraction of sp³-hybridized carbons (Fsp3) is 0.500. The van der Waals surface area contributed by atoms with Crippen molar-refractivity contribution in [1.29, 1.82) is 0 Å². The van der Waals surface area contributed by atoms with Crippen LogP contribution in [0.4, 0.5) is 0 Å². The quantitative estimate of drug-likeness (QED) is 0.629. The van der Waals surface area contributed by atoms with Crippen LogP contribution in [0.3, 0.4) is 0 Å². The molecule has 0 saturated carbocycles. The predicted molar refractivity (Wildman–Crippen MR) is 72.5 cm³/mol. The zero-order chi connectivity index (χ0) is 14.5. The molecule has 106 valence electrons. The third kappa shape index (κ3) is 5.18. The Labute approximate surface area is 114 Å². The van der Waals surface area contributed by atoms with E-state index in [9.17, 15) is 9.90 Å². The Morgan fingerprint density at radius 3 is 2.58 bits per heavy atom. The second kappa shape index (κ2) is 6.43. The molecule has 0 atom stereocenters. The minimum Gasteiger partial charge on any atom is -0.504 e. The lowest BCUT2D eigenvalue weighted by molar-refractivity contribution is -0.870. The van der Waals surface area contributed by atoms with Gasteiger partial charge >= 0.3 is 5.97 Å². The van der Waals surface area contributed by atoms with Crippen molar-refractivity contribution in [3.05, 3.63) is 23.8 Å². The molecule has 0 amide bonds. The second-order valence-electron chi connectivity index (χ2n) is 5.27. The van der Waals surface area contributed by atoms with Crippen LogP contribution >= 0.6 is 0 Å². The number of nitrogens with zero attached hydrogens (tertiary/aromatic N) is 1. The first-order valence-corrected chi connectivity index (χ1v) is 6.27. The molecule has 0 heterocycles. The molecule has 0 fully saturated rings. The summed E-state index contributed by atoms with van der Waals surface area (Å²) >= 11 is 0. The van der Waals surface area contributed by atoms with E-state index in [4.69, 9.17) is 9.47 Å². The lowest BCUT2D eigenvalue weighted by atomic mass is 10.2. The van der Waals surface area contributed by atoms with Gasteiger partial charge in [-0.2, -0.15) is 0 Å². The van der Waals surface area contributed by atoms with Crippen LogP contribution in [0.2, 0.25) is 0 Å². The zero-order valence-corrected chi connectivity index (χ0v) is 12.0. The highest BCUT2D eigenvalue weighted by Gasteiger charge is 2.12. The van der Waals surface area contributed by atoms with Crippen LogP contribution in [0, 0.1) is 0 Å². The van der Waals surface area contributed by atoms with E-state index in [1.807, 2.05) is 0 Å². The standard InChI is InChI=1S/C14H21NO4/c1-5-18-14(17)11-6-7-12(16)13(10-11)19-9-8-15(2,3)4/h6-7,10H,5,8-9H2,1-4H3/p+1. The van der Waals surface area contributed by atoms with Gasteiger partial charge in [0.2, 0.25) is 0 Å². The molecule has 0 aliphatic heterocycles. The number of hydrogen-bond acceptors (Lipinski definition) is 4. The second-order valence-corrected chi connectivity index (χ2v) is 5.27. The van der Waals surface area contributed by atoms with Gasteiger partial charge in [-0.3, -0.25) is 0 Å². The highest BCUT2D eigenvalue weighted by molar-refractivity contribution is 5.90. The van der Waals surface area contributed by atoms with Crippen molar-refractivity contribution in [3.63, 3.8) is 0 Å². The molecule has 0 aromatic heterocycles. The van der Waals surface area contributed by atoms with E-state index in [-0.39, 0.29) is 5.75 Å². The van der Waals surface area contributed by atoms with Gasteiger partial charge in [0.05, 0.1) is 33.3 Å². The molecule has 0 spiro atoms. The lowest BCUT2D eigenvalue weighted by Crippen LogP contribution is -2.38. The van der Waals surface area contributed by atoms with Crippen LogP contribution in [-0.4, -0.2) is 56.5 Å². The third-order valence-corrected chi connectivity index (χ3v) is 2.49. The van der Waals surface area contributed by atoms with E-state index in [0.29, 0.717) is 24.5 Å². The van der Waals surface area contributed by atoms with Crippen LogP contribution in [0.15, 0.2) is 18.2 Å². The van der Waals surface area contributed by atoms with Crippen LogP contribution in [0.1, 0.15) is 17.3 Å². The molecule has 0 unspecified atom stereocenters. The van der Waals surface area contributed by atoms with Gasteiger partial charge in [-0.05, 0) is 25.1 Å². The number of rotatable bonds is 6. The van der Waals surface area contributed by atoms with E-state index < -0.39 is 5.97 Å². The van der Waals surface area contributed by atoms with Gasteiger partial charge in [-0.25, -0.2) is 4.79 Å². The fourth-order valence-corrected chi connectivity index (χ4v) is 1.40. The van der Waals surface area contributed by atoms with Gasteiger partial charge in [-0.1, -0.05) is 0 Å². The van der Waals surface area contributed by atoms with Crippen molar-refractivity contribution in [2.24, 2.45) is 0 Å². The molecule has 5 heteroatoms. The largest absolute Gasteiger partial charge is 0.504 e. The summed E-state index contributed by atoms with van der Waals surface area (Å²) in [6, 6.07) is 4.45. The lowest BCUT2D eigenvalue weighted by Gasteiger charge is -2.23. The van der Waals surface area contributed by atoms with Gasteiger partial charge in [-0.15, -0.1) is 0 Å². The van der Waals surface area contributed by atoms with E-state index in [1.165, 1.54) is 18.2 Å². The minimum atomic E-state index is -0.418. The Kier molecular flexibility index (Phi) is 5.18. The molecule has 19 heavy (non-hydrogen) atoms. The maximum absolute atomic E-state index is 11.6. The molecule has 0 radical (unpaired) electrons. The fourth-order valence-electron chi connectivity index (χ4n) is 1.40. The number of ether oxygens (including phenoxy) is 2. The number of quaternary nitrogens is 1. The van der Waals surface area contributed by atoms with Crippen LogP contribution in [-0.2, 0) is 4.74 Å². The van der Waals surface area contributed by atoms with Crippen molar-refractivity contribution in [1.82, 2.24) is 0 Å². The zero-order valence-electron chi connectivity index (χ0n) is 12.0. The van der Waals surface area contributed by atoms with Crippen molar-refractivity contribution < 1.29 is 23.9 Å². The molecule has 0 aliphatic carbocycles. The normalized spacial score (nSPS) is 11.2. The summed E-state index contributed by atoms with van der Waals surface area (Å²) in [6.07, 6.45) is 0. The number of esters is 1. The minimum absolute atomic E-state index is 0.0226. The number of phenolic OH excluding ortho intramolecular Hbond substituents is 1. The van der Waals surface area contributed by atoms with E-state index in [2.05, 4.69) is 21.1 Å².